The third-order valence-electron chi connectivity index (χ3n) is 18.1. The van der Waals surface area contributed by atoms with E-state index in [-0.39, 0.29) is 78.7 Å². The molecule has 7 aromatic rings. The molecule has 0 radical (unpaired) electrons. The number of rotatable bonds is 34. The Labute approximate surface area is 610 Å². The number of carbonyl (C=O) groups is 4. The van der Waals surface area contributed by atoms with E-state index in [2.05, 4.69) is 42.1 Å². The number of nitrogens with one attached hydrogen (secondary N) is 7. The van der Waals surface area contributed by atoms with Crippen molar-refractivity contribution >= 4 is 55.4 Å². The second kappa shape index (κ2) is 39.9. The van der Waals surface area contributed by atoms with E-state index in [0.717, 1.165) is 27.8 Å². The maximum atomic E-state index is 14.3. The Morgan fingerprint density at radius 1 is 0.500 bits per heavy atom. The van der Waals surface area contributed by atoms with Gasteiger partial charge in [-0.3, -0.25) is 34.7 Å². The van der Waals surface area contributed by atoms with Crippen LogP contribution in [0.5, 0.6) is 0 Å². The molecule has 0 aliphatic carbocycles. The molecular formula is C76H98N12O14S2. The van der Waals surface area contributed by atoms with Crippen molar-refractivity contribution in [2.75, 3.05) is 79.7 Å². The molecule has 2 heterocycles. The number of hydrogen-bond donors (Lipinski definition) is 7. The maximum absolute atomic E-state index is 14.3. The number of nitro benzene ring substituents is 2. The van der Waals surface area contributed by atoms with Gasteiger partial charge in [0.25, 0.3) is 11.4 Å². The van der Waals surface area contributed by atoms with Crippen LogP contribution in [0, 0.1) is 32.1 Å². The van der Waals surface area contributed by atoms with Crippen molar-refractivity contribution in [2.24, 2.45) is 11.8 Å². The van der Waals surface area contributed by atoms with Crippen LogP contribution in [-0.2, 0) is 45.7 Å². The summed E-state index contributed by atoms with van der Waals surface area (Å²) in [4.78, 5) is 76.2. The van der Waals surface area contributed by atoms with Crippen molar-refractivity contribution in [3.8, 4) is 0 Å². The van der Waals surface area contributed by atoms with E-state index in [4.69, 9.17) is 9.47 Å². The number of nitrogens with zero attached hydrogens (tertiary/aromatic N) is 5. The Kier molecular flexibility index (Phi) is 31.4. The Morgan fingerprint density at radius 3 is 1.21 bits per heavy atom. The molecule has 6 atom stereocenters. The second-order valence-corrected chi connectivity index (χ2v) is 29.9. The van der Waals surface area contributed by atoms with Crippen LogP contribution in [0.15, 0.2) is 210 Å². The largest absolute Gasteiger partial charge is 0.453 e. The average molecular weight is 1470 g/mol. The molecule has 0 bridgehead atoms. The summed E-state index contributed by atoms with van der Waals surface area (Å²) in [5.74, 6) is -1.35. The van der Waals surface area contributed by atoms with Crippen LogP contribution in [0.4, 0.5) is 21.0 Å². The maximum Gasteiger partial charge on any atom is 0.407 e. The third-order valence-corrected chi connectivity index (χ3v) is 22.0. The van der Waals surface area contributed by atoms with Gasteiger partial charge in [-0.25, -0.2) is 26.4 Å². The van der Waals surface area contributed by atoms with Gasteiger partial charge in [0.15, 0.2) is 0 Å². The van der Waals surface area contributed by atoms with E-state index < -0.39 is 89.9 Å². The summed E-state index contributed by atoms with van der Waals surface area (Å²) in [7, 11) is -5.55. The number of amides is 4. The number of nitro groups is 2. The van der Waals surface area contributed by atoms with E-state index in [0.29, 0.717) is 58.7 Å². The van der Waals surface area contributed by atoms with Gasteiger partial charge in [-0.05, 0) is 76.8 Å². The summed E-state index contributed by atoms with van der Waals surface area (Å²) in [5, 5.41) is 44.1. The van der Waals surface area contributed by atoms with Crippen LogP contribution in [-0.4, -0.2) is 180 Å². The van der Waals surface area contributed by atoms with Crippen molar-refractivity contribution in [1.82, 2.24) is 50.7 Å². The van der Waals surface area contributed by atoms with E-state index >= 15 is 0 Å². The van der Waals surface area contributed by atoms with Gasteiger partial charge in [-0.15, -0.1) is 0 Å². The lowest BCUT2D eigenvalue weighted by atomic mass is 9.84. The average Bonchev–Trinajstić information content (AvgIpc) is 1.49. The first-order valence-corrected chi connectivity index (χ1v) is 37.3. The van der Waals surface area contributed by atoms with Gasteiger partial charge >= 0.3 is 12.2 Å². The number of ether oxygens (including phenoxy) is 2. The number of likely N-dealkylation sites (tertiary alicyclic amines) is 1. The van der Waals surface area contributed by atoms with Crippen molar-refractivity contribution in [3.05, 3.63) is 248 Å². The predicted molar refractivity (Wildman–Crippen MR) is 399 cm³/mol. The lowest BCUT2D eigenvalue weighted by molar-refractivity contribution is -0.385. The van der Waals surface area contributed by atoms with Crippen LogP contribution in [0.2, 0.25) is 0 Å². The second-order valence-electron chi connectivity index (χ2n) is 26.1. The molecule has 7 N–H and O–H groups in total. The normalized spacial score (nSPS) is 16.6. The molecule has 26 nitrogen and oxygen atoms in total. The molecule has 4 amide bonds. The summed E-state index contributed by atoms with van der Waals surface area (Å²) >= 11 is 0. The number of sulfonamides is 2. The van der Waals surface area contributed by atoms with Crippen LogP contribution in [0.25, 0.3) is 0 Å². The molecule has 0 aromatic heterocycles. The zero-order valence-corrected chi connectivity index (χ0v) is 60.4. The van der Waals surface area contributed by atoms with E-state index in [9.17, 15) is 56.2 Å². The van der Waals surface area contributed by atoms with Crippen LogP contribution in [0.1, 0.15) is 87.6 Å². The van der Waals surface area contributed by atoms with Crippen LogP contribution >= 0.6 is 0 Å². The highest BCUT2D eigenvalue weighted by Crippen LogP contribution is 2.33. The molecule has 0 spiro atoms. The summed E-state index contributed by atoms with van der Waals surface area (Å²) in [6.45, 7) is 12.2. The minimum Gasteiger partial charge on any atom is -0.453 e. The van der Waals surface area contributed by atoms with Gasteiger partial charge in [0.2, 0.25) is 31.9 Å². The topological polar surface area (TPSA) is 335 Å². The summed E-state index contributed by atoms with van der Waals surface area (Å²) in [6.07, 6.45) is -0.230. The van der Waals surface area contributed by atoms with Crippen LogP contribution < -0.4 is 37.2 Å². The number of benzene rings is 7. The summed E-state index contributed by atoms with van der Waals surface area (Å²) < 4.78 is 69.2. The lowest BCUT2D eigenvalue weighted by Crippen LogP contribution is -2.54. The minimum absolute atomic E-state index is 0. The van der Waals surface area contributed by atoms with Crippen molar-refractivity contribution < 1.29 is 55.3 Å². The van der Waals surface area contributed by atoms with Gasteiger partial charge < -0.3 is 46.7 Å². The number of alkyl carbamates (subject to hydrolysis) is 2. The molecule has 9 rings (SSSR count). The zero-order chi connectivity index (χ0) is 74.1. The Bertz CT molecular complexity index is 4010. The molecule has 0 unspecified atom stereocenters. The first kappa shape index (κ1) is 81.8. The number of carbonyl (C=O) groups excluding carboxylic acids is 4. The zero-order valence-electron chi connectivity index (χ0n) is 58.8. The van der Waals surface area contributed by atoms with Gasteiger partial charge in [0.1, 0.15) is 12.1 Å². The fourth-order valence-corrected chi connectivity index (χ4v) is 16.2. The SMILES string of the molecule is C.COC(=O)N[C@H](C(=O)NCCN[C@@H]1CN(Cc2ccccc2)C[C@H]1N(CCC(C)C)S(=O)(=O)c1ccc([N+](=O)[O-])cc1)C(c1ccccc1)c1ccccc1.COC(=O)N[C@H](C(=O)NCCN[C@@H]1CNC[C@H]1N(CCC(C)C)S(=O)(=O)c1ccc([N+](=O)[O-])cc1)C(c1ccccc1)c1ccccc1. The number of methoxy groups -OCH3 is 2. The molecular weight excluding hydrogens is 1370 g/mol. The fraction of sp³-hybridized carbons (Fsp3) is 0.395. The fourth-order valence-electron chi connectivity index (χ4n) is 12.8. The molecule has 558 valence electrons. The van der Waals surface area contributed by atoms with Crippen molar-refractivity contribution in [3.63, 3.8) is 0 Å². The monoisotopic (exact) mass is 1470 g/mol. The van der Waals surface area contributed by atoms with Gasteiger partial charge in [-0.2, -0.15) is 8.61 Å². The summed E-state index contributed by atoms with van der Waals surface area (Å²) in [6, 6.07) is 54.3. The summed E-state index contributed by atoms with van der Waals surface area (Å²) in [5.41, 5.74) is 4.08. The highest BCUT2D eigenvalue weighted by Gasteiger charge is 2.43. The van der Waals surface area contributed by atoms with Gasteiger partial charge in [0, 0.05) is 120 Å². The standard InChI is InChI=1S/C41H50N6O7S.C34H44N6O7S.CH4/c1-30(2)23-26-46(55(52,53)35-21-19-34(20-22-35)47(50)51)37-29-45(27-31-13-7-4-8-14-31)28-36(37)42-24-25-43-40(48)39(44-41(49)54-3)38(32-15-9-5-10-16-32)33-17-11-6-12-18-33;1-24(2)18-21-39(48(45,46)28-16-14-27(15-17-28)40(43)44)30-23-35-22-29(30)36-19-20-37-33(41)32(38-34(42)47-3)31(25-10-6-4-7-11-25)26-12-8-5-9-13-26;/h4-22,30,36-39,42H,23-29H2,1-3H3,(H,43,48)(H,44,49);4-17,24,29-32,35-36H,18-23H2,1-3H3,(H,37,41)(H,38,42);1H4/t36-,37-,39+;29-,30-,32+;/m11./s1. The molecule has 28 heteroatoms. The lowest BCUT2D eigenvalue weighted by Gasteiger charge is -2.33. The predicted octanol–water partition coefficient (Wildman–Crippen LogP) is 9.02. The van der Waals surface area contributed by atoms with Gasteiger partial charge in [0.05, 0.1) is 45.9 Å². The molecule has 0 saturated carbocycles. The van der Waals surface area contributed by atoms with Crippen LogP contribution in [0.3, 0.4) is 0 Å². The molecule has 2 fully saturated rings. The first-order chi connectivity index (χ1) is 49.5. The van der Waals surface area contributed by atoms with Crippen molar-refractivity contribution in [2.45, 2.75) is 112 Å². The van der Waals surface area contributed by atoms with Crippen molar-refractivity contribution in [1.29, 1.82) is 0 Å². The number of hydrogen-bond acceptors (Lipinski definition) is 18. The highest BCUT2D eigenvalue weighted by molar-refractivity contribution is 7.89. The molecule has 2 aliphatic rings. The molecule has 2 saturated heterocycles. The quantitative estimate of drug-likeness (QED) is 0.0112. The third kappa shape index (κ3) is 22.7. The Morgan fingerprint density at radius 2 is 0.856 bits per heavy atom. The first-order valence-electron chi connectivity index (χ1n) is 34.4. The molecule has 2 aliphatic heterocycles. The molecule has 104 heavy (non-hydrogen) atoms. The smallest absolute Gasteiger partial charge is 0.407 e. The highest BCUT2D eigenvalue weighted by atomic mass is 32.2. The van der Waals surface area contributed by atoms with E-state index in [1.54, 1.807) is 0 Å². The molecule has 7 aromatic carbocycles. The Hall–Kier alpha value is -9.52. The van der Waals surface area contributed by atoms with Gasteiger partial charge in [-0.1, -0.05) is 187 Å². The van der Waals surface area contributed by atoms with E-state index in [1.165, 1.54) is 71.4 Å². The number of non-ortho nitro benzene ring substituents is 2. The van der Waals surface area contributed by atoms with E-state index in [1.807, 2.05) is 179 Å². The minimum atomic E-state index is -4.06. The Balaban J connectivity index is 0.000000291.